The van der Waals surface area contributed by atoms with Gasteiger partial charge in [-0.1, -0.05) is 29.8 Å². The van der Waals surface area contributed by atoms with Gasteiger partial charge in [0.25, 0.3) is 5.91 Å². The number of amides is 1. The smallest absolute Gasteiger partial charge is 0.253 e. The zero-order valence-electron chi connectivity index (χ0n) is 14.9. The van der Waals surface area contributed by atoms with Gasteiger partial charge in [0.05, 0.1) is 10.6 Å². The Morgan fingerprint density at radius 1 is 1.15 bits per heavy atom. The van der Waals surface area contributed by atoms with E-state index in [2.05, 4.69) is 10.3 Å². The second-order valence-electron chi connectivity index (χ2n) is 6.18. The molecule has 0 aliphatic carbocycles. The maximum Gasteiger partial charge on any atom is 0.253 e. The summed E-state index contributed by atoms with van der Waals surface area (Å²) in [6, 6.07) is 13.2. The molecule has 1 amide bonds. The topological polar surface area (TPSA) is 51.2 Å². The number of nitrogens with zero attached hydrogens (tertiary/aromatic N) is 1. The van der Waals surface area contributed by atoms with E-state index in [1.807, 2.05) is 38.1 Å². The Morgan fingerprint density at radius 2 is 1.96 bits per heavy atom. The van der Waals surface area contributed by atoms with Gasteiger partial charge in [-0.3, -0.25) is 4.79 Å². The van der Waals surface area contributed by atoms with E-state index in [1.165, 1.54) is 12.1 Å². The van der Waals surface area contributed by atoms with E-state index in [1.54, 1.807) is 12.3 Å². The molecule has 0 unspecified atom stereocenters. The summed E-state index contributed by atoms with van der Waals surface area (Å²) < 4.78 is 18.9. The highest BCUT2D eigenvalue weighted by Crippen LogP contribution is 2.24. The summed E-state index contributed by atoms with van der Waals surface area (Å²) in [6.07, 6.45) is 1.63. The molecule has 0 bridgehead atoms. The normalized spacial score (nSPS) is 10.5. The fourth-order valence-corrected chi connectivity index (χ4v) is 2.71. The Kier molecular flexibility index (Phi) is 5.72. The summed E-state index contributed by atoms with van der Waals surface area (Å²) in [5, 5.41) is 2.81. The molecule has 6 heteroatoms. The van der Waals surface area contributed by atoms with Crippen LogP contribution in [0, 0.1) is 19.7 Å². The predicted molar refractivity (Wildman–Crippen MR) is 103 cm³/mol. The van der Waals surface area contributed by atoms with Crippen LogP contribution in [0.4, 0.5) is 4.39 Å². The average molecular weight is 385 g/mol. The van der Waals surface area contributed by atoms with Crippen molar-refractivity contribution in [3.63, 3.8) is 0 Å². The molecular formula is C21H18ClFN2O2. The number of halogens is 2. The van der Waals surface area contributed by atoms with E-state index in [0.29, 0.717) is 5.88 Å². The fourth-order valence-electron chi connectivity index (χ4n) is 2.46. The lowest BCUT2D eigenvalue weighted by molar-refractivity contribution is 0.0951. The zero-order valence-corrected chi connectivity index (χ0v) is 15.7. The average Bonchev–Trinajstić information content (AvgIpc) is 2.64. The summed E-state index contributed by atoms with van der Waals surface area (Å²) >= 11 is 5.90. The number of pyridine rings is 1. The molecule has 3 rings (SSSR count). The third-order valence-corrected chi connectivity index (χ3v) is 4.30. The molecule has 1 N–H and O–H groups in total. The van der Waals surface area contributed by atoms with Gasteiger partial charge in [0, 0.05) is 18.8 Å². The quantitative estimate of drug-likeness (QED) is 0.656. The lowest BCUT2D eigenvalue weighted by Crippen LogP contribution is -2.23. The number of carbonyl (C=O) groups excluding carboxylic acids is 1. The molecule has 1 heterocycles. The number of ether oxygens (including phenoxy) is 1. The van der Waals surface area contributed by atoms with Crippen LogP contribution < -0.4 is 10.1 Å². The Morgan fingerprint density at radius 3 is 2.67 bits per heavy atom. The number of aryl methyl sites for hydroxylation is 2. The van der Waals surface area contributed by atoms with Gasteiger partial charge in [-0.15, -0.1) is 0 Å². The summed E-state index contributed by atoms with van der Waals surface area (Å²) in [7, 11) is 0. The summed E-state index contributed by atoms with van der Waals surface area (Å²) in [6.45, 7) is 4.24. The second-order valence-corrected chi connectivity index (χ2v) is 6.59. The van der Waals surface area contributed by atoms with Crippen LogP contribution in [-0.4, -0.2) is 10.9 Å². The third-order valence-electron chi connectivity index (χ3n) is 3.98. The zero-order chi connectivity index (χ0) is 19.4. The number of benzene rings is 2. The second kappa shape index (κ2) is 8.18. The maximum atomic E-state index is 13.1. The number of nitrogens with one attached hydrogen (secondary N) is 1. The molecule has 27 heavy (non-hydrogen) atoms. The Bertz CT molecular complexity index is 974. The highest BCUT2D eigenvalue weighted by Gasteiger charge is 2.11. The van der Waals surface area contributed by atoms with E-state index < -0.39 is 5.82 Å². The first-order valence-electron chi connectivity index (χ1n) is 8.35. The molecule has 0 atom stereocenters. The molecule has 0 fully saturated rings. The van der Waals surface area contributed by atoms with Crippen LogP contribution in [0.3, 0.4) is 0 Å². The van der Waals surface area contributed by atoms with Crippen LogP contribution in [0.5, 0.6) is 11.6 Å². The summed E-state index contributed by atoms with van der Waals surface area (Å²) in [5.41, 5.74) is 3.15. The van der Waals surface area contributed by atoms with Gasteiger partial charge < -0.3 is 10.1 Å². The van der Waals surface area contributed by atoms with Gasteiger partial charge >= 0.3 is 0 Å². The van der Waals surface area contributed by atoms with E-state index in [9.17, 15) is 9.18 Å². The van der Waals surface area contributed by atoms with Crippen molar-refractivity contribution in [1.29, 1.82) is 0 Å². The molecule has 0 spiro atoms. The van der Waals surface area contributed by atoms with Crippen molar-refractivity contribution in [3.05, 3.63) is 87.8 Å². The molecule has 1 aromatic heterocycles. The number of hydrogen-bond acceptors (Lipinski definition) is 3. The van der Waals surface area contributed by atoms with Crippen LogP contribution in [0.15, 0.2) is 54.7 Å². The van der Waals surface area contributed by atoms with Crippen LogP contribution in [0.1, 0.15) is 27.0 Å². The van der Waals surface area contributed by atoms with E-state index in [0.717, 1.165) is 28.5 Å². The van der Waals surface area contributed by atoms with E-state index in [4.69, 9.17) is 16.3 Å². The molecule has 0 aliphatic rings. The van der Waals surface area contributed by atoms with Gasteiger partial charge in [-0.05, 0) is 54.8 Å². The van der Waals surface area contributed by atoms with Crippen LogP contribution in [0.2, 0.25) is 5.02 Å². The maximum absolute atomic E-state index is 13.1. The number of carbonyl (C=O) groups is 1. The third kappa shape index (κ3) is 4.83. The Balaban J connectivity index is 1.62. The molecule has 138 valence electrons. The van der Waals surface area contributed by atoms with E-state index >= 15 is 0 Å². The van der Waals surface area contributed by atoms with Crippen molar-refractivity contribution >= 4 is 17.5 Å². The summed E-state index contributed by atoms with van der Waals surface area (Å²) in [4.78, 5) is 16.4. The van der Waals surface area contributed by atoms with Crippen molar-refractivity contribution in [2.75, 3.05) is 0 Å². The predicted octanol–water partition coefficient (Wildman–Crippen LogP) is 5.21. The first-order chi connectivity index (χ1) is 12.9. The number of aromatic nitrogens is 1. The van der Waals surface area contributed by atoms with Crippen molar-refractivity contribution in [3.8, 4) is 11.6 Å². The first-order valence-corrected chi connectivity index (χ1v) is 8.73. The lowest BCUT2D eigenvalue weighted by Gasteiger charge is -2.10. The monoisotopic (exact) mass is 384 g/mol. The lowest BCUT2D eigenvalue weighted by atomic mass is 10.1. The molecule has 0 saturated carbocycles. The number of rotatable bonds is 5. The highest BCUT2D eigenvalue weighted by atomic mass is 35.5. The van der Waals surface area contributed by atoms with Crippen molar-refractivity contribution < 1.29 is 13.9 Å². The van der Waals surface area contributed by atoms with Gasteiger partial charge in [-0.25, -0.2) is 9.37 Å². The molecule has 0 saturated heterocycles. The molecule has 0 radical (unpaired) electrons. The van der Waals surface area contributed by atoms with Crippen LogP contribution in [0.25, 0.3) is 0 Å². The molecule has 3 aromatic rings. The first kappa shape index (κ1) is 18.9. The minimum Gasteiger partial charge on any atom is -0.439 e. The standard InChI is InChI=1S/C21H18ClFN2O2/c1-13-3-4-14(2)19(9-13)27-20-8-5-15(11-24-20)12-25-21(26)17-7-6-16(23)10-18(17)22/h3-11H,12H2,1-2H3,(H,25,26). The van der Waals surface area contributed by atoms with Gasteiger partial charge in [0.1, 0.15) is 11.6 Å². The van der Waals surface area contributed by atoms with Crippen molar-refractivity contribution in [2.45, 2.75) is 20.4 Å². The Hall–Kier alpha value is -2.92. The van der Waals surface area contributed by atoms with Crippen molar-refractivity contribution in [2.24, 2.45) is 0 Å². The largest absolute Gasteiger partial charge is 0.439 e. The van der Waals surface area contributed by atoms with Crippen LogP contribution >= 0.6 is 11.6 Å². The minimum absolute atomic E-state index is 0.0721. The molecule has 4 nitrogen and oxygen atoms in total. The highest BCUT2D eigenvalue weighted by molar-refractivity contribution is 6.33. The van der Waals surface area contributed by atoms with Gasteiger partial charge in [0.15, 0.2) is 0 Å². The van der Waals surface area contributed by atoms with E-state index in [-0.39, 0.29) is 23.0 Å². The van der Waals surface area contributed by atoms with Gasteiger partial charge in [-0.2, -0.15) is 0 Å². The molecule has 0 aliphatic heterocycles. The van der Waals surface area contributed by atoms with Crippen LogP contribution in [-0.2, 0) is 6.54 Å². The SMILES string of the molecule is Cc1ccc(C)c(Oc2ccc(CNC(=O)c3ccc(F)cc3Cl)cn2)c1. The summed E-state index contributed by atoms with van der Waals surface area (Å²) in [5.74, 6) is 0.366. The Labute approximate surface area is 162 Å². The minimum atomic E-state index is -0.486. The molecular weight excluding hydrogens is 367 g/mol. The molecule has 2 aromatic carbocycles. The number of hydrogen-bond donors (Lipinski definition) is 1. The van der Waals surface area contributed by atoms with Gasteiger partial charge in [0.2, 0.25) is 5.88 Å². The fraction of sp³-hybridized carbons (Fsp3) is 0.143. The van der Waals surface area contributed by atoms with Crippen molar-refractivity contribution in [1.82, 2.24) is 10.3 Å².